The van der Waals surface area contributed by atoms with E-state index in [0.717, 1.165) is 11.6 Å². The smallest absolute Gasteiger partial charge is 0.262 e. The van der Waals surface area contributed by atoms with E-state index in [1.165, 1.54) is 12.1 Å². The maximum absolute atomic E-state index is 13.8. The Morgan fingerprint density at radius 3 is 2.91 bits per heavy atom. The first-order valence-corrected chi connectivity index (χ1v) is 7.16. The van der Waals surface area contributed by atoms with Crippen LogP contribution < -0.4 is 15.4 Å². The molecule has 0 unspecified atom stereocenters. The summed E-state index contributed by atoms with van der Waals surface area (Å²) in [5, 5.41) is 5.26. The van der Waals surface area contributed by atoms with Crippen molar-refractivity contribution in [2.75, 3.05) is 17.2 Å². The average Bonchev–Trinajstić information content (AvgIpc) is 2.46. The summed E-state index contributed by atoms with van der Waals surface area (Å²) in [5.41, 5.74) is 1.34. The van der Waals surface area contributed by atoms with E-state index in [9.17, 15) is 14.0 Å². The molecule has 0 atom stereocenters. The summed E-state index contributed by atoms with van der Waals surface area (Å²) < 4.78 is 19.2. The van der Waals surface area contributed by atoms with Crippen LogP contribution in [0, 0.1) is 12.7 Å². The van der Waals surface area contributed by atoms with E-state index in [1.54, 1.807) is 19.1 Å². The highest BCUT2D eigenvalue weighted by Gasteiger charge is 2.23. The molecule has 1 aliphatic rings. The predicted molar refractivity (Wildman–Crippen MR) is 84.7 cm³/mol. The van der Waals surface area contributed by atoms with Crippen molar-refractivity contribution in [3.63, 3.8) is 0 Å². The summed E-state index contributed by atoms with van der Waals surface area (Å²) in [5.74, 6) is -1.36. The second-order valence-electron chi connectivity index (χ2n) is 5.08. The Morgan fingerprint density at radius 1 is 1.39 bits per heavy atom. The third kappa shape index (κ3) is 2.98. The number of aryl methyl sites for hydroxylation is 1. The quantitative estimate of drug-likeness (QED) is 0.884. The van der Waals surface area contributed by atoms with Gasteiger partial charge in [-0.15, -0.1) is 0 Å². The Balaban J connectivity index is 1.97. The van der Waals surface area contributed by atoms with Crippen LogP contribution in [0.15, 0.2) is 30.3 Å². The highest BCUT2D eigenvalue weighted by Crippen LogP contribution is 2.37. The first-order valence-electron chi connectivity index (χ1n) is 6.78. The molecule has 0 spiro atoms. The minimum Gasteiger partial charge on any atom is -0.479 e. The SMILES string of the molecule is Cc1cc2c(c(NC(=O)c3c(F)cccc3Cl)c1)OCC(=O)N2. The Labute approximate surface area is 136 Å². The first-order chi connectivity index (χ1) is 11.0. The lowest BCUT2D eigenvalue weighted by atomic mass is 10.1. The lowest BCUT2D eigenvalue weighted by Gasteiger charge is -2.22. The predicted octanol–water partition coefficient (Wildman–Crippen LogP) is 3.37. The minimum atomic E-state index is -0.717. The molecule has 2 aromatic rings. The number of hydrogen-bond acceptors (Lipinski definition) is 3. The number of carbonyl (C=O) groups is 2. The van der Waals surface area contributed by atoms with Crippen LogP contribution in [-0.2, 0) is 4.79 Å². The van der Waals surface area contributed by atoms with Crippen LogP contribution in [0.25, 0.3) is 0 Å². The van der Waals surface area contributed by atoms with Gasteiger partial charge in [0.05, 0.1) is 22.0 Å². The Kier molecular flexibility index (Phi) is 3.92. The molecule has 0 aliphatic carbocycles. The van der Waals surface area contributed by atoms with E-state index in [0.29, 0.717) is 17.1 Å². The van der Waals surface area contributed by atoms with Gasteiger partial charge < -0.3 is 15.4 Å². The number of anilines is 2. The van der Waals surface area contributed by atoms with Crippen LogP contribution in [0.5, 0.6) is 5.75 Å². The standard InChI is InChI=1S/C16H12ClFN2O3/c1-8-5-11-15(23-7-13(21)19-11)12(6-8)20-16(22)14-9(17)3-2-4-10(14)18/h2-6H,7H2,1H3,(H,19,21)(H,20,22). The summed E-state index contributed by atoms with van der Waals surface area (Å²) in [6.07, 6.45) is 0. The molecule has 2 aromatic carbocycles. The lowest BCUT2D eigenvalue weighted by Crippen LogP contribution is -2.26. The Hall–Kier alpha value is -2.60. The van der Waals surface area contributed by atoms with Gasteiger partial charge in [-0.3, -0.25) is 9.59 Å². The minimum absolute atomic E-state index is 0.0123. The molecule has 0 saturated carbocycles. The normalized spacial score (nSPS) is 12.9. The topological polar surface area (TPSA) is 67.4 Å². The van der Waals surface area contributed by atoms with Crippen molar-refractivity contribution in [2.24, 2.45) is 0 Å². The van der Waals surface area contributed by atoms with E-state index in [-0.39, 0.29) is 23.1 Å². The van der Waals surface area contributed by atoms with Gasteiger partial charge in [-0.25, -0.2) is 4.39 Å². The molecule has 7 heteroatoms. The maximum Gasteiger partial charge on any atom is 0.262 e. The number of fused-ring (bicyclic) bond motifs is 1. The number of hydrogen-bond donors (Lipinski definition) is 2. The van der Waals surface area contributed by atoms with E-state index < -0.39 is 11.7 Å². The van der Waals surface area contributed by atoms with E-state index in [1.807, 2.05) is 0 Å². The van der Waals surface area contributed by atoms with Crippen molar-refractivity contribution < 1.29 is 18.7 Å². The van der Waals surface area contributed by atoms with Crippen molar-refractivity contribution in [1.29, 1.82) is 0 Å². The Bertz CT molecular complexity index is 803. The molecule has 0 radical (unpaired) electrons. The molecule has 1 heterocycles. The molecule has 2 amide bonds. The number of benzene rings is 2. The second kappa shape index (κ2) is 5.89. The molecule has 23 heavy (non-hydrogen) atoms. The molecular formula is C16H12ClFN2O3. The van der Waals surface area contributed by atoms with Gasteiger partial charge in [0.1, 0.15) is 5.82 Å². The number of nitrogens with one attached hydrogen (secondary N) is 2. The van der Waals surface area contributed by atoms with Gasteiger partial charge in [0.25, 0.3) is 11.8 Å². The monoisotopic (exact) mass is 334 g/mol. The zero-order valence-electron chi connectivity index (χ0n) is 12.1. The van der Waals surface area contributed by atoms with Gasteiger partial charge in [-0.2, -0.15) is 0 Å². The van der Waals surface area contributed by atoms with Gasteiger partial charge in [-0.05, 0) is 36.8 Å². The third-order valence-corrected chi connectivity index (χ3v) is 3.61. The third-order valence-electron chi connectivity index (χ3n) is 3.29. The molecule has 0 saturated heterocycles. The second-order valence-corrected chi connectivity index (χ2v) is 5.48. The number of carbonyl (C=O) groups excluding carboxylic acids is 2. The van der Waals surface area contributed by atoms with Crippen molar-refractivity contribution in [2.45, 2.75) is 6.92 Å². The largest absolute Gasteiger partial charge is 0.479 e. The molecule has 118 valence electrons. The Morgan fingerprint density at radius 2 is 2.17 bits per heavy atom. The van der Waals surface area contributed by atoms with Crippen molar-refractivity contribution in [3.8, 4) is 5.75 Å². The summed E-state index contributed by atoms with van der Waals surface area (Å²) in [6.45, 7) is 1.65. The fraction of sp³-hybridized carbons (Fsp3) is 0.125. The van der Waals surface area contributed by atoms with Crippen molar-refractivity contribution >= 4 is 34.8 Å². The maximum atomic E-state index is 13.8. The van der Waals surface area contributed by atoms with Crippen molar-refractivity contribution in [1.82, 2.24) is 0 Å². The van der Waals surface area contributed by atoms with Crippen LogP contribution in [0.3, 0.4) is 0 Å². The summed E-state index contributed by atoms with van der Waals surface area (Å²) in [4.78, 5) is 23.7. The highest BCUT2D eigenvalue weighted by atomic mass is 35.5. The molecule has 0 fully saturated rings. The molecule has 1 aliphatic heterocycles. The van der Waals surface area contributed by atoms with Crippen LogP contribution in [0.2, 0.25) is 5.02 Å². The van der Waals surface area contributed by atoms with Crippen LogP contribution in [0.4, 0.5) is 15.8 Å². The molecule has 0 bridgehead atoms. The fourth-order valence-corrected chi connectivity index (χ4v) is 2.59. The number of ether oxygens (including phenoxy) is 1. The van der Waals surface area contributed by atoms with Crippen LogP contribution in [0.1, 0.15) is 15.9 Å². The van der Waals surface area contributed by atoms with Gasteiger partial charge >= 0.3 is 0 Å². The molecule has 3 rings (SSSR count). The van der Waals surface area contributed by atoms with Gasteiger partial charge in [0, 0.05) is 0 Å². The van der Waals surface area contributed by atoms with Gasteiger partial charge in [0.15, 0.2) is 12.4 Å². The molecule has 0 aromatic heterocycles. The number of rotatable bonds is 2. The molecule has 5 nitrogen and oxygen atoms in total. The van der Waals surface area contributed by atoms with Gasteiger partial charge in [0.2, 0.25) is 0 Å². The van der Waals surface area contributed by atoms with E-state index >= 15 is 0 Å². The van der Waals surface area contributed by atoms with Crippen LogP contribution >= 0.6 is 11.6 Å². The number of halogens is 2. The fourth-order valence-electron chi connectivity index (χ4n) is 2.34. The summed E-state index contributed by atoms with van der Waals surface area (Å²) in [6, 6.07) is 7.40. The molecular weight excluding hydrogens is 323 g/mol. The molecule has 2 N–H and O–H groups in total. The van der Waals surface area contributed by atoms with Crippen molar-refractivity contribution in [3.05, 3.63) is 52.3 Å². The average molecular weight is 335 g/mol. The van der Waals surface area contributed by atoms with E-state index in [4.69, 9.17) is 16.3 Å². The first kappa shape index (κ1) is 15.3. The lowest BCUT2D eigenvalue weighted by molar-refractivity contribution is -0.118. The van der Waals surface area contributed by atoms with Gasteiger partial charge in [-0.1, -0.05) is 17.7 Å². The van der Waals surface area contributed by atoms with Crippen LogP contribution in [-0.4, -0.2) is 18.4 Å². The zero-order chi connectivity index (χ0) is 16.6. The van der Waals surface area contributed by atoms with E-state index in [2.05, 4.69) is 10.6 Å². The highest BCUT2D eigenvalue weighted by molar-refractivity contribution is 6.34. The summed E-state index contributed by atoms with van der Waals surface area (Å²) >= 11 is 5.90. The number of amides is 2. The summed E-state index contributed by atoms with van der Waals surface area (Å²) in [7, 11) is 0. The zero-order valence-corrected chi connectivity index (χ0v) is 12.8.